The summed E-state index contributed by atoms with van der Waals surface area (Å²) < 4.78 is 4.30. The van der Waals surface area contributed by atoms with Crippen molar-refractivity contribution in [2.75, 3.05) is 143 Å². The van der Waals surface area contributed by atoms with Gasteiger partial charge in [-0.3, -0.25) is 48.1 Å². The Kier molecular flexibility index (Phi) is 27.8. The average Bonchev–Trinajstić information content (AvgIpc) is 1.62. The number of carbonyl (C=O) groups is 6. The molecule has 0 radical (unpaired) electrons. The third-order valence-electron chi connectivity index (χ3n) is 27.4. The number of aliphatic hydroxyl groups is 5. The van der Waals surface area contributed by atoms with Gasteiger partial charge in [0, 0.05) is 216 Å². The third-order valence-corrected chi connectivity index (χ3v) is 27.4. The molecule has 138 heavy (non-hydrogen) atoms. The van der Waals surface area contributed by atoms with Crippen molar-refractivity contribution in [3.63, 3.8) is 0 Å². The Balaban J connectivity index is 0.000000138. The fraction of sp³-hybridized carbons (Fsp3) is 0.327. The molecule has 8 N–H and O–H groups in total. The van der Waals surface area contributed by atoms with Crippen LogP contribution < -0.4 is 47.3 Å². The molecule has 12 aromatic rings. The van der Waals surface area contributed by atoms with E-state index < -0.39 is 0 Å². The summed E-state index contributed by atoms with van der Waals surface area (Å²) in [5.74, 6) is 1.58. The Morgan fingerprint density at radius 2 is 0.688 bits per heavy atom. The zero-order valence-corrected chi connectivity index (χ0v) is 78.0. The van der Waals surface area contributed by atoms with Gasteiger partial charge in [0.2, 0.25) is 0 Å². The number of nitrogens with zero attached hydrogens (tertiary/aromatic N) is 14. The van der Waals surface area contributed by atoms with Gasteiger partial charge in [-0.2, -0.15) is 0 Å². The van der Waals surface area contributed by atoms with E-state index in [-0.39, 0.29) is 109 Å². The molecule has 8 heterocycles. The minimum atomic E-state index is -0.355. The fourth-order valence-corrected chi connectivity index (χ4v) is 19.0. The summed E-state index contributed by atoms with van der Waals surface area (Å²) in [5, 5.41) is 59.3. The first-order valence-corrected chi connectivity index (χ1v) is 47.3. The van der Waals surface area contributed by atoms with Crippen LogP contribution in [0.1, 0.15) is 168 Å². The van der Waals surface area contributed by atoms with Crippen LogP contribution in [0.25, 0.3) is 33.8 Å². The standard InChI is InChI=1S/C37H40N6O5.C36H38N6O4.C34H35N5O5/c1-40-22-32(39-34(37(40)48)38-28-10-7-25(8-11-28)35(46)42-17-15-41(16-18-42)19-20-44)30-3-2-4-33(31(30)23-45)43-14-13-27-21-26(24-5-6-24)9-12-29(27)36(43)47;1-39-16-18-41(19-17-39)34(44)24-8-11-27(12-9-24)37-33-36(46)40(2)21-31(38-33)29-4-3-5-32(30(29)22-43)42-15-14-26-20-25(23-6-7-23)10-13-28(26)35(42)45;1-37(16-17-40)32(42)22-8-11-25(12-9-22)35-31-34(44)38(2)19-29(36-31)27-4-3-5-30(28(27)20-41)39-15-14-24-18-23(21-6-7-21)10-13-26(24)33(39)43/h2-4,7-12,21-22,24,44-45H,5-6,13-20,23H2,1H3,(H,38,39);3-5,8-13,20-21,23,43H,6-7,14-19,22H2,1-2H3,(H,37,38);3-5,8-13,18-19,21,40-41H,6-7,14-17,20H2,1-2H3,(H,35,36). The number of hydrogen-bond donors (Lipinski definition) is 8. The Hall–Kier alpha value is -14.4. The van der Waals surface area contributed by atoms with Crippen LogP contribution in [0.4, 0.5) is 51.6 Å². The summed E-state index contributed by atoms with van der Waals surface area (Å²) in [5.41, 5.74) is 18.4. The predicted octanol–water partition coefficient (Wildman–Crippen LogP) is 11.5. The van der Waals surface area contributed by atoms with Gasteiger partial charge < -0.3 is 89.5 Å². The lowest BCUT2D eigenvalue weighted by Crippen LogP contribution is -2.49. The zero-order chi connectivity index (χ0) is 96.3. The summed E-state index contributed by atoms with van der Waals surface area (Å²) >= 11 is 0. The number of amides is 6. The summed E-state index contributed by atoms with van der Waals surface area (Å²) in [6.45, 7) is 7.11. The van der Waals surface area contributed by atoms with Crippen LogP contribution >= 0.6 is 0 Å². The molecule has 0 unspecified atom stereocenters. The van der Waals surface area contributed by atoms with Gasteiger partial charge in [0.15, 0.2) is 17.5 Å². The maximum atomic E-state index is 13.7. The molecule has 0 bridgehead atoms. The second kappa shape index (κ2) is 40.8. The van der Waals surface area contributed by atoms with Crippen LogP contribution in [0, 0.1) is 0 Å². The molecule has 5 aliphatic heterocycles. The van der Waals surface area contributed by atoms with E-state index in [0.717, 1.165) is 62.1 Å². The van der Waals surface area contributed by atoms with Crippen LogP contribution in [-0.2, 0) is 60.2 Å². The van der Waals surface area contributed by atoms with Crippen LogP contribution in [0.15, 0.2) is 215 Å². The van der Waals surface area contributed by atoms with Crippen molar-refractivity contribution in [3.8, 4) is 33.8 Å². The average molecular weight is 1860 g/mol. The molecule has 3 saturated carbocycles. The van der Waals surface area contributed by atoms with Crippen molar-refractivity contribution < 1.29 is 54.3 Å². The maximum absolute atomic E-state index is 13.7. The Morgan fingerprint density at radius 3 is 0.993 bits per heavy atom. The maximum Gasteiger partial charge on any atom is 0.293 e. The number of fused-ring (bicyclic) bond motifs is 3. The van der Waals surface area contributed by atoms with Gasteiger partial charge in [-0.05, 0) is 225 Å². The van der Waals surface area contributed by atoms with Crippen molar-refractivity contribution >= 4 is 87.0 Å². The monoisotopic (exact) mass is 1860 g/mol. The highest BCUT2D eigenvalue weighted by atomic mass is 16.3. The number of aliphatic hydroxyl groups excluding tert-OH is 5. The van der Waals surface area contributed by atoms with E-state index in [1.807, 2.05) is 82.6 Å². The quantitative estimate of drug-likeness (QED) is 0.0263. The molecule has 9 aromatic carbocycles. The lowest BCUT2D eigenvalue weighted by Gasteiger charge is -2.34. The summed E-state index contributed by atoms with van der Waals surface area (Å²) in [6.07, 6.45) is 14.3. The molecule has 5 fully saturated rings. The number of anilines is 9. The summed E-state index contributed by atoms with van der Waals surface area (Å²) in [4.78, 5) is 148. The van der Waals surface area contributed by atoms with Gasteiger partial charge in [-0.1, -0.05) is 72.8 Å². The molecule has 3 aliphatic carbocycles. The van der Waals surface area contributed by atoms with E-state index in [2.05, 4.69) is 84.1 Å². The number of benzene rings is 9. The fourth-order valence-electron chi connectivity index (χ4n) is 19.0. The van der Waals surface area contributed by atoms with E-state index in [0.29, 0.717) is 188 Å². The smallest absolute Gasteiger partial charge is 0.293 e. The number of aromatic nitrogens is 6. The highest BCUT2D eigenvalue weighted by Gasteiger charge is 2.37. The van der Waals surface area contributed by atoms with Crippen molar-refractivity contribution in [1.82, 2.24) is 53.2 Å². The molecule has 0 spiro atoms. The van der Waals surface area contributed by atoms with Gasteiger partial charge in [-0.25, -0.2) is 15.0 Å². The van der Waals surface area contributed by atoms with Gasteiger partial charge in [0.05, 0.1) is 67.2 Å². The van der Waals surface area contributed by atoms with Gasteiger partial charge in [-0.15, -0.1) is 0 Å². The van der Waals surface area contributed by atoms with Crippen LogP contribution in [-0.4, -0.2) is 227 Å². The van der Waals surface area contributed by atoms with Crippen molar-refractivity contribution in [2.45, 2.75) is 95.4 Å². The zero-order valence-electron chi connectivity index (χ0n) is 78.0. The van der Waals surface area contributed by atoms with E-state index in [1.54, 1.807) is 134 Å². The number of piperazine rings is 2. The van der Waals surface area contributed by atoms with Crippen molar-refractivity contribution in [1.29, 1.82) is 0 Å². The van der Waals surface area contributed by atoms with Crippen molar-refractivity contribution in [2.24, 2.45) is 21.1 Å². The molecule has 6 amide bonds. The number of nitrogens with one attached hydrogen (secondary N) is 3. The number of aryl methyl sites for hydroxylation is 3. The molecule has 31 nitrogen and oxygen atoms in total. The lowest BCUT2D eigenvalue weighted by molar-refractivity contribution is 0.0613. The molecular formula is C107H113N17O14. The molecule has 0 atom stereocenters. The molecular weight excluding hydrogens is 1750 g/mol. The van der Waals surface area contributed by atoms with Gasteiger partial charge in [0.25, 0.3) is 52.1 Å². The first-order chi connectivity index (χ1) is 66.9. The van der Waals surface area contributed by atoms with Crippen LogP contribution in [0.5, 0.6) is 0 Å². The Labute approximate surface area is 798 Å². The molecule has 2 saturated heterocycles. The Bertz CT molecular complexity index is 6870. The highest BCUT2D eigenvalue weighted by molar-refractivity contribution is 6.11. The number of rotatable bonds is 25. The number of hydrogen-bond acceptors (Lipinski definition) is 22. The van der Waals surface area contributed by atoms with Crippen molar-refractivity contribution in [3.05, 3.63) is 315 Å². The second-order valence-electron chi connectivity index (χ2n) is 36.8. The minimum Gasteiger partial charge on any atom is -0.395 e. The number of β-amino-alcohol motifs (C(OH)–C–C–N with tert-alkyl or cyclic N) is 1. The molecule has 8 aliphatic rings. The topological polar surface area (TPSA) is 370 Å². The molecule has 20 rings (SSSR count). The first-order valence-electron chi connectivity index (χ1n) is 47.3. The molecule has 710 valence electrons. The highest BCUT2D eigenvalue weighted by Crippen LogP contribution is 2.46. The predicted molar refractivity (Wildman–Crippen MR) is 530 cm³/mol. The van der Waals surface area contributed by atoms with Gasteiger partial charge >= 0.3 is 0 Å². The lowest BCUT2D eigenvalue weighted by atomic mass is 9.93. The third kappa shape index (κ3) is 20.1. The number of carbonyl (C=O) groups excluding carboxylic acids is 6. The second-order valence-corrected chi connectivity index (χ2v) is 36.8. The Morgan fingerprint density at radius 1 is 0.370 bits per heavy atom. The van der Waals surface area contributed by atoms with E-state index >= 15 is 0 Å². The summed E-state index contributed by atoms with van der Waals surface area (Å²) in [7, 11) is 8.59. The first kappa shape index (κ1) is 93.9. The SMILES string of the molecule is CN(CCO)C(=O)c1ccc(Nc2nc(-c3cccc(N4CCc5cc(C6CC6)ccc5C4=O)c3CO)cn(C)c2=O)cc1.CN1CCN(C(=O)c2ccc(Nc3nc(-c4cccc(N5CCc6cc(C7CC7)ccc6C5=O)c4CO)cn(C)c3=O)cc2)CC1.Cn1cc(-c2cccc(N3CCc4cc(C5CC5)ccc4C3=O)c2CO)nc(Nc2ccc(C(=O)N3CCN(CCO)CC3)cc2)c1=O. The van der Waals surface area contributed by atoms with E-state index in [1.165, 1.54) is 73.8 Å². The number of likely N-dealkylation sites (N-methyl/N-ethyl adjacent to an activating group) is 2. The minimum absolute atomic E-state index is 0.00853. The van der Waals surface area contributed by atoms with E-state index in [4.69, 9.17) is 5.11 Å². The van der Waals surface area contributed by atoms with Crippen LogP contribution in [0.2, 0.25) is 0 Å². The largest absolute Gasteiger partial charge is 0.395 e. The van der Waals surface area contributed by atoms with Gasteiger partial charge in [0.1, 0.15) is 0 Å². The van der Waals surface area contributed by atoms with E-state index in [9.17, 15) is 63.6 Å². The normalized spacial score (nSPS) is 16.0. The molecule has 31 heteroatoms. The summed E-state index contributed by atoms with van der Waals surface area (Å²) in [6, 6.07) is 55.7. The molecule has 3 aromatic heterocycles. The van der Waals surface area contributed by atoms with Crippen LogP contribution in [0.3, 0.4) is 0 Å².